The molecular formula is C11H15N3O8. The van der Waals surface area contributed by atoms with E-state index in [2.05, 4.69) is 15.0 Å². The molecule has 1 aliphatic rings. The molecule has 1 atom stereocenters. The van der Waals surface area contributed by atoms with Gasteiger partial charge in [-0.1, -0.05) is 0 Å². The number of nitrogens with one attached hydrogen (secondary N) is 1. The number of ether oxygens (including phenoxy) is 3. The smallest absolute Gasteiger partial charge is 0.450 e. The standard InChI is InChI=1S/C10H13N3O5.CH2O3/c1-2-17-10(15)12-7-3-4-13(9(14)11-7)8-5-16-6-18-8;2-1(3)4/h3-4,8H,2,5-6H2,1H3,(H,11,12,14,15);(H2,2,3,4). The van der Waals surface area contributed by atoms with E-state index < -0.39 is 24.2 Å². The highest BCUT2D eigenvalue weighted by Crippen LogP contribution is 2.13. The molecule has 0 aromatic carbocycles. The van der Waals surface area contributed by atoms with Crippen molar-refractivity contribution in [1.29, 1.82) is 0 Å². The summed E-state index contributed by atoms with van der Waals surface area (Å²) in [6.45, 7) is 2.38. The quantitative estimate of drug-likeness (QED) is 0.725. The molecule has 1 saturated heterocycles. The number of hydrogen-bond donors (Lipinski definition) is 3. The lowest BCUT2D eigenvalue weighted by molar-refractivity contribution is 0.0216. The minimum Gasteiger partial charge on any atom is -0.450 e. The van der Waals surface area contributed by atoms with Crippen molar-refractivity contribution in [3.05, 3.63) is 22.7 Å². The molecule has 3 N–H and O–H groups in total. The Kier molecular flexibility index (Phi) is 6.79. The summed E-state index contributed by atoms with van der Waals surface area (Å²) in [4.78, 5) is 35.1. The zero-order valence-electron chi connectivity index (χ0n) is 11.6. The summed E-state index contributed by atoms with van der Waals surface area (Å²) in [5.74, 6) is 0.133. The summed E-state index contributed by atoms with van der Waals surface area (Å²) in [5.41, 5.74) is -0.528. The van der Waals surface area contributed by atoms with Crippen LogP contribution in [-0.4, -0.2) is 52.0 Å². The van der Waals surface area contributed by atoms with Gasteiger partial charge in [0, 0.05) is 6.20 Å². The van der Waals surface area contributed by atoms with Gasteiger partial charge in [-0.3, -0.25) is 9.88 Å². The van der Waals surface area contributed by atoms with Gasteiger partial charge >= 0.3 is 17.9 Å². The van der Waals surface area contributed by atoms with E-state index in [1.807, 2.05) is 0 Å². The fraction of sp³-hybridized carbons (Fsp3) is 0.455. The van der Waals surface area contributed by atoms with Crippen LogP contribution < -0.4 is 11.0 Å². The summed E-state index contributed by atoms with van der Waals surface area (Å²) < 4.78 is 16.1. The molecule has 1 amide bonds. The maximum atomic E-state index is 11.7. The van der Waals surface area contributed by atoms with Crippen molar-refractivity contribution in [1.82, 2.24) is 9.55 Å². The number of aromatic nitrogens is 2. The average molecular weight is 317 g/mol. The summed E-state index contributed by atoms with van der Waals surface area (Å²) in [6, 6.07) is 1.49. The Labute approximate surface area is 124 Å². The SMILES string of the molecule is CCOC(=O)Nc1ccn(C2COCO2)c(=O)n1.O=C(O)O. The van der Waals surface area contributed by atoms with Gasteiger partial charge < -0.3 is 24.4 Å². The van der Waals surface area contributed by atoms with Gasteiger partial charge in [-0.25, -0.2) is 14.4 Å². The second-order valence-electron chi connectivity index (χ2n) is 3.74. The first-order valence-electron chi connectivity index (χ1n) is 6.08. The van der Waals surface area contributed by atoms with E-state index in [4.69, 9.17) is 24.5 Å². The first-order chi connectivity index (χ1) is 10.4. The van der Waals surface area contributed by atoms with Crippen molar-refractivity contribution in [2.45, 2.75) is 13.2 Å². The number of carboxylic acid groups (broad SMARTS) is 2. The average Bonchev–Trinajstić information content (AvgIpc) is 2.92. The minimum atomic E-state index is -1.83. The van der Waals surface area contributed by atoms with Crippen LogP contribution in [0.2, 0.25) is 0 Å². The summed E-state index contributed by atoms with van der Waals surface area (Å²) in [6.07, 6.45) is -1.47. The molecule has 2 rings (SSSR count). The van der Waals surface area contributed by atoms with Gasteiger partial charge in [0.05, 0.1) is 13.2 Å². The molecule has 122 valence electrons. The van der Waals surface area contributed by atoms with Crippen LogP contribution in [0.4, 0.5) is 15.4 Å². The summed E-state index contributed by atoms with van der Waals surface area (Å²) >= 11 is 0. The minimum absolute atomic E-state index is 0.133. The fourth-order valence-electron chi connectivity index (χ4n) is 1.46. The van der Waals surface area contributed by atoms with Gasteiger partial charge in [0.25, 0.3) is 0 Å². The fourth-order valence-corrected chi connectivity index (χ4v) is 1.46. The molecule has 1 aromatic rings. The van der Waals surface area contributed by atoms with E-state index in [-0.39, 0.29) is 19.2 Å². The van der Waals surface area contributed by atoms with E-state index in [1.165, 1.54) is 16.8 Å². The van der Waals surface area contributed by atoms with Crippen LogP contribution in [0.5, 0.6) is 0 Å². The second kappa shape index (κ2) is 8.59. The number of carbonyl (C=O) groups is 2. The molecule has 1 fully saturated rings. The van der Waals surface area contributed by atoms with E-state index in [1.54, 1.807) is 6.92 Å². The number of anilines is 1. The second-order valence-corrected chi connectivity index (χ2v) is 3.74. The van der Waals surface area contributed by atoms with Crippen molar-refractivity contribution >= 4 is 18.1 Å². The van der Waals surface area contributed by atoms with Crippen LogP contribution in [0.15, 0.2) is 17.1 Å². The Morgan fingerprint density at radius 1 is 1.55 bits per heavy atom. The van der Waals surface area contributed by atoms with Crippen molar-refractivity contribution in [2.24, 2.45) is 0 Å². The molecule has 11 nitrogen and oxygen atoms in total. The van der Waals surface area contributed by atoms with E-state index >= 15 is 0 Å². The number of hydrogen-bond acceptors (Lipinski definition) is 7. The molecule has 1 aliphatic heterocycles. The third-order valence-electron chi connectivity index (χ3n) is 2.25. The van der Waals surface area contributed by atoms with E-state index in [9.17, 15) is 9.59 Å². The van der Waals surface area contributed by atoms with Crippen LogP contribution in [-0.2, 0) is 14.2 Å². The molecule has 0 bridgehead atoms. The summed E-state index contributed by atoms with van der Waals surface area (Å²) in [7, 11) is 0. The molecule has 2 heterocycles. The Balaban J connectivity index is 0.000000541. The highest BCUT2D eigenvalue weighted by Gasteiger charge is 2.19. The molecule has 11 heteroatoms. The molecule has 0 aliphatic carbocycles. The molecule has 22 heavy (non-hydrogen) atoms. The number of nitrogens with zero attached hydrogens (tertiary/aromatic N) is 2. The zero-order valence-corrected chi connectivity index (χ0v) is 11.6. The van der Waals surface area contributed by atoms with Gasteiger partial charge in [-0.2, -0.15) is 4.98 Å². The van der Waals surface area contributed by atoms with Crippen LogP contribution in [0.25, 0.3) is 0 Å². The van der Waals surface area contributed by atoms with Crippen molar-refractivity contribution in [3.63, 3.8) is 0 Å². The molecule has 0 spiro atoms. The van der Waals surface area contributed by atoms with Gasteiger partial charge in [-0.15, -0.1) is 0 Å². The molecule has 1 unspecified atom stereocenters. The molecule has 0 radical (unpaired) electrons. The normalized spacial score (nSPS) is 16.3. The Morgan fingerprint density at radius 3 is 2.73 bits per heavy atom. The lowest BCUT2D eigenvalue weighted by atomic mass is 10.5. The van der Waals surface area contributed by atoms with Gasteiger partial charge in [0.1, 0.15) is 12.6 Å². The first kappa shape index (κ1) is 17.4. The predicted octanol–water partition coefficient (Wildman–Crippen LogP) is 0.537. The highest BCUT2D eigenvalue weighted by molar-refractivity contribution is 5.83. The van der Waals surface area contributed by atoms with Gasteiger partial charge in [-0.05, 0) is 13.0 Å². The van der Waals surface area contributed by atoms with Crippen LogP contribution in [0.3, 0.4) is 0 Å². The Hall–Kier alpha value is -2.66. The monoisotopic (exact) mass is 317 g/mol. The van der Waals surface area contributed by atoms with Crippen LogP contribution in [0, 0.1) is 0 Å². The van der Waals surface area contributed by atoms with Crippen molar-refractivity contribution in [2.75, 3.05) is 25.3 Å². The summed E-state index contributed by atoms with van der Waals surface area (Å²) in [5, 5.41) is 16.3. The van der Waals surface area contributed by atoms with Gasteiger partial charge in [0.2, 0.25) is 0 Å². The number of carbonyl (C=O) groups excluding carboxylic acids is 1. The van der Waals surface area contributed by atoms with E-state index in [0.717, 1.165) is 0 Å². The third kappa shape index (κ3) is 5.76. The molecule has 0 saturated carbocycles. The number of rotatable bonds is 3. The third-order valence-corrected chi connectivity index (χ3v) is 2.25. The first-order valence-corrected chi connectivity index (χ1v) is 6.08. The lowest BCUT2D eigenvalue weighted by Crippen LogP contribution is -2.29. The van der Waals surface area contributed by atoms with Crippen LogP contribution >= 0.6 is 0 Å². The van der Waals surface area contributed by atoms with E-state index in [0.29, 0.717) is 6.61 Å². The van der Waals surface area contributed by atoms with Crippen molar-refractivity contribution < 1.29 is 34.0 Å². The Bertz CT molecular complexity index is 563. The molecular weight excluding hydrogens is 302 g/mol. The highest BCUT2D eigenvalue weighted by atomic mass is 16.7. The topological polar surface area (TPSA) is 149 Å². The predicted molar refractivity (Wildman–Crippen MR) is 70.7 cm³/mol. The maximum Gasteiger partial charge on any atom is 0.503 e. The largest absolute Gasteiger partial charge is 0.503 e. The molecule has 1 aromatic heterocycles. The van der Waals surface area contributed by atoms with Crippen LogP contribution in [0.1, 0.15) is 13.2 Å². The lowest BCUT2D eigenvalue weighted by Gasteiger charge is -2.11. The number of amides is 1. The maximum absolute atomic E-state index is 11.7. The van der Waals surface area contributed by atoms with Gasteiger partial charge in [0.15, 0.2) is 6.23 Å². The zero-order chi connectivity index (χ0) is 16.5. The van der Waals surface area contributed by atoms with Crippen molar-refractivity contribution in [3.8, 4) is 0 Å². The Morgan fingerprint density at radius 2 is 2.23 bits per heavy atom.